The maximum atomic E-state index is 12.5. The first-order valence-electron chi connectivity index (χ1n) is 6.83. The van der Waals surface area contributed by atoms with Gasteiger partial charge in [0.05, 0.1) is 6.61 Å². The fourth-order valence-electron chi connectivity index (χ4n) is 2.22. The minimum absolute atomic E-state index is 1.30. The quantitative estimate of drug-likeness (QED) is 0.340. The molecular formula is C10H12F6O9S2. The summed E-state index contributed by atoms with van der Waals surface area (Å²) in [4.78, 5) is 0. The molecule has 2 aliphatic rings. The molecule has 0 spiro atoms. The largest absolute Gasteiger partial charge is 0.523 e. The summed E-state index contributed by atoms with van der Waals surface area (Å²) < 4.78 is 142. The van der Waals surface area contributed by atoms with Crippen molar-refractivity contribution in [3.8, 4) is 0 Å². The molecule has 27 heavy (non-hydrogen) atoms. The van der Waals surface area contributed by atoms with Gasteiger partial charge in [0.2, 0.25) is 0 Å². The first-order chi connectivity index (χ1) is 11.9. The van der Waals surface area contributed by atoms with Crippen LogP contribution in [0.4, 0.5) is 26.3 Å². The van der Waals surface area contributed by atoms with Crippen LogP contribution in [0, 0.1) is 0 Å². The molecule has 2 fully saturated rings. The van der Waals surface area contributed by atoms with Crippen molar-refractivity contribution in [3.63, 3.8) is 0 Å². The lowest BCUT2D eigenvalue weighted by atomic mass is 10.1. The normalized spacial score (nSPS) is 31.9. The minimum atomic E-state index is -6.21. The Morgan fingerprint density at radius 1 is 0.926 bits per heavy atom. The summed E-state index contributed by atoms with van der Waals surface area (Å²) in [5.41, 5.74) is -11.7. The number of halogens is 6. The van der Waals surface area contributed by atoms with Gasteiger partial charge in [0.25, 0.3) is 0 Å². The number of ether oxygens (including phenoxy) is 3. The predicted octanol–water partition coefficient (Wildman–Crippen LogP) is 0.964. The van der Waals surface area contributed by atoms with Gasteiger partial charge in [-0.3, -0.25) is 8.37 Å². The van der Waals surface area contributed by atoms with Gasteiger partial charge >= 0.3 is 31.3 Å². The summed E-state index contributed by atoms with van der Waals surface area (Å²) in [6.07, 6.45) is -7.33. The molecule has 17 heteroatoms. The van der Waals surface area contributed by atoms with Crippen molar-refractivity contribution in [2.24, 2.45) is 0 Å². The molecule has 2 rings (SSSR count). The molecule has 2 saturated heterocycles. The minimum Gasteiger partial charge on any atom is -0.341 e. The van der Waals surface area contributed by atoms with E-state index in [-0.39, 0.29) is 0 Å². The van der Waals surface area contributed by atoms with Gasteiger partial charge in [-0.1, -0.05) is 0 Å². The van der Waals surface area contributed by atoms with Crippen molar-refractivity contribution in [1.82, 2.24) is 0 Å². The van der Waals surface area contributed by atoms with Crippen LogP contribution >= 0.6 is 0 Å². The van der Waals surface area contributed by atoms with Gasteiger partial charge in [-0.05, 0) is 13.8 Å². The average molecular weight is 454 g/mol. The molecule has 160 valence electrons. The van der Waals surface area contributed by atoms with Crippen molar-refractivity contribution < 1.29 is 65.8 Å². The van der Waals surface area contributed by atoms with Crippen LogP contribution in [-0.4, -0.2) is 64.8 Å². The van der Waals surface area contributed by atoms with Crippen LogP contribution in [0.5, 0.6) is 0 Å². The number of hydrogen-bond acceptors (Lipinski definition) is 9. The number of alkyl halides is 6. The Hall–Kier alpha value is -0.720. The third-order valence-electron chi connectivity index (χ3n) is 3.28. The lowest BCUT2D eigenvalue weighted by Gasteiger charge is -2.25. The van der Waals surface area contributed by atoms with E-state index < -0.39 is 68.2 Å². The van der Waals surface area contributed by atoms with Gasteiger partial charge in [-0.25, -0.2) is 0 Å². The molecule has 4 atom stereocenters. The van der Waals surface area contributed by atoms with Gasteiger partial charge in [-0.15, -0.1) is 0 Å². The first-order valence-corrected chi connectivity index (χ1v) is 9.64. The summed E-state index contributed by atoms with van der Waals surface area (Å²) in [6, 6.07) is 0. The number of fused-ring (bicyclic) bond motifs is 1. The van der Waals surface area contributed by atoms with E-state index in [0.717, 1.165) is 0 Å². The number of rotatable bonds is 5. The van der Waals surface area contributed by atoms with Gasteiger partial charge in [-0.2, -0.15) is 43.2 Å². The summed E-state index contributed by atoms with van der Waals surface area (Å²) in [5.74, 6) is -1.44. The summed E-state index contributed by atoms with van der Waals surface area (Å²) >= 11 is 0. The van der Waals surface area contributed by atoms with Crippen LogP contribution in [-0.2, 0) is 42.8 Å². The third-order valence-corrected chi connectivity index (χ3v) is 5.34. The summed E-state index contributed by atoms with van der Waals surface area (Å²) in [6.45, 7) is 1.09. The zero-order valence-electron chi connectivity index (χ0n) is 13.3. The van der Waals surface area contributed by atoms with E-state index in [9.17, 15) is 43.2 Å². The lowest BCUT2D eigenvalue weighted by molar-refractivity contribution is -0.216. The van der Waals surface area contributed by atoms with Crippen molar-refractivity contribution >= 4 is 20.2 Å². The Kier molecular flexibility index (Phi) is 5.57. The van der Waals surface area contributed by atoms with Crippen molar-refractivity contribution in [2.75, 3.05) is 6.61 Å². The second-order valence-corrected chi connectivity index (χ2v) is 8.96. The second kappa shape index (κ2) is 6.67. The van der Waals surface area contributed by atoms with Crippen LogP contribution in [0.3, 0.4) is 0 Å². The molecule has 2 heterocycles. The first kappa shape index (κ1) is 22.6. The summed E-state index contributed by atoms with van der Waals surface area (Å²) in [5, 5.41) is 0. The monoisotopic (exact) mass is 454 g/mol. The van der Waals surface area contributed by atoms with Crippen molar-refractivity contribution in [2.45, 2.75) is 55.3 Å². The van der Waals surface area contributed by atoms with Gasteiger partial charge in [0, 0.05) is 0 Å². The molecule has 0 aromatic heterocycles. The molecule has 9 nitrogen and oxygen atoms in total. The smallest absolute Gasteiger partial charge is 0.341 e. The Balaban J connectivity index is 2.23. The fraction of sp³-hybridized carbons (Fsp3) is 1.00. The SMILES string of the molecule is CC1(C)O[C@H]2O[C@H](COS(=O)(=O)C(F)(F)F)[C@H](OS(=O)(=O)C(F)(F)F)[C@H]2O1. The van der Waals surface area contributed by atoms with Crippen molar-refractivity contribution in [3.05, 3.63) is 0 Å². The second-order valence-electron chi connectivity index (χ2n) is 5.79. The summed E-state index contributed by atoms with van der Waals surface area (Å²) in [7, 11) is -12.3. The van der Waals surface area contributed by atoms with Crippen LogP contribution in [0.15, 0.2) is 0 Å². The van der Waals surface area contributed by atoms with Crippen molar-refractivity contribution in [1.29, 1.82) is 0 Å². The van der Waals surface area contributed by atoms with Crippen LogP contribution in [0.2, 0.25) is 0 Å². The van der Waals surface area contributed by atoms with Crippen LogP contribution in [0.1, 0.15) is 13.8 Å². The molecule has 2 aliphatic heterocycles. The Labute approximate surface area is 148 Å². The highest BCUT2D eigenvalue weighted by Crippen LogP contribution is 2.41. The molecule has 0 bridgehead atoms. The number of hydrogen-bond donors (Lipinski definition) is 0. The lowest BCUT2D eigenvalue weighted by Crippen LogP contribution is -2.43. The molecule has 0 N–H and O–H groups in total. The third kappa shape index (κ3) is 4.65. The highest BCUT2D eigenvalue weighted by Gasteiger charge is 2.60. The van der Waals surface area contributed by atoms with E-state index in [1.165, 1.54) is 13.8 Å². The molecule has 0 radical (unpaired) electrons. The van der Waals surface area contributed by atoms with E-state index in [1.54, 1.807) is 0 Å². The van der Waals surface area contributed by atoms with E-state index in [1.807, 2.05) is 0 Å². The zero-order chi connectivity index (χ0) is 21.1. The topological polar surface area (TPSA) is 114 Å². The molecule has 0 aromatic rings. The Bertz CT molecular complexity index is 772. The van der Waals surface area contributed by atoms with E-state index in [0.29, 0.717) is 0 Å². The van der Waals surface area contributed by atoms with Gasteiger partial charge in [0.15, 0.2) is 12.1 Å². The molecule has 0 aromatic carbocycles. The van der Waals surface area contributed by atoms with Crippen LogP contribution < -0.4 is 0 Å². The average Bonchev–Trinajstić information content (AvgIpc) is 2.87. The van der Waals surface area contributed by atoms with Gasteiger partial charge in [0.1, 0.15) is 18.3 Å². The molecule has 0 aliphatic carbocycles. The maximum absolute atomic E-state index is 12.5. The molecule has 0 amide bonds. The van der Waals surface area contributed by atoms with E-state index in [4.69, 9.17) is 14.2 Å². The van der Waals surface area contributed by atoms with E-state index in [2.05, 4.69) is 8.37 Å². The highest BCUT2D eigenvalue weighted by molar-refractivity contribution is 7.87. The Morgan fingerprint density at radius 2 is 1.44 bits per heavy atom. The van der Waals surface area contributed by atoms with E-state index >= 15 is 0 Å². The van der Waals surface area contributed by atoms with Crippen LogP contribution in [0.25, 0.3) is 0 Å². The predicted molar refractivity (Wildman–Crippen MR) is 69.5 cm³/mol. The molecule has 0 saturated carbocycles. The zero-order valence-corrected chi connectivity index (χ0v) is 14.9. The Morgan fingerprint density at radius 3 is 1.93 bits per heavy atom. The standard InChI is InChI=1S/C10H12F6O9S2/c1-8(2)23-6-5(25-27(19,20)10(14,15)16)4(22-7(6)24-8)3-21-26(17,18)9(11,12)13/h4-7H,3H2,1-2H3/t4-,5+,6-,7-/m1/s1. The molecular weight excluding hydrogens is 442 g/mol. The van der Waals surface area contributed by atoms with Gasteiger partial charge < -0.3 is 14.2 Å². The fourth-order valence-corrected chi connectivity index (χ4v) is 3.30. The molecule has 0 unspecified atom stereocenters. The highest BCUT2D eigenvalue weighted by atomic mass is 32.2. The maximum Gasteiger partial charge on any atom is 0.523 e.